The minimum Gasteiger partial charge on any atom is -0.491 e. The van der Waals surface area contributed by atoms with Crippen molar-refractivity contribution < 1.29 is 26.7 Å². The van der Waals surface area contributed by atoms with Gasteiger partial charge in [-0.2, -0.15) is 0 Å². The quantitative estimate of drug-likeness (QED) is 0.692. The Hall–Kier alpha value is -2.72. The Bertz CT molecular complexity index is 1250. The van der Waals surface area contributed by atoms with Crippen molar-refractivity contribution in [2.45, 2.75) is 43.8 Å². The van der Waals surface area contributed by atoms with Crippen molar-refractivity contribution in [1.29, 1.82) is 0 Å². The SMILES string of the molecule is CC(F)S(=O)(=O)NC1C2Cc3cccc(c3F)-c3ccccc3OCCN(C)C(=O)N2CC12CC2. The highest BCUT2D eigenvalue weighted by molar-refractivity contribution is 7.89. The number of fused-ring (bicyclic) bond motifs is 5. The molecule has 2 aliphatic heterocycles. The van der Waals surface area contributed by atoms with E-state index >= 15 is 4.39 Å². The molecule has 2 heterocycles. The summed E-state index contributed by atoms with van der Waals surface area (Å²) in [6, 6.07) is 10.6. The van der Waals surface area contributed by atoms with Crippen LogP contribution in [0.1, 0.15) is 25.3 Å². The van der Waals surface area contributed by atoms with E-state index < -0.39 is 38.8 Å². The fourth-order valence-electron chi connectivity index (χ4n) is 5.28. The molecule has 2 fully saturated rings. The van der Waals surface area contributed by atoms with Crippen molar-refractivity contribution in [2.24, 2.45) is 5.41 Å². The van der Waals surface area contributed by atoms with Crippen LogP contribution in [0.3, 0.4) is 0 Å². The van der Waals surface area contributed by atoms with E-state index in [0.717, 1.165) is 6.92 Å². The van der Waals surface area contributed by atoms with E-state index in [9.17, 15) is 17.6 Å². The van der Waals surface area contributed by atoms with Crippen molar-refractivity contribution in [3.8, 4) is 16.9 Å². The second-order valence-electron chi connectivity index (χ2n) is 9.77. The molecule has 5 rings (SSSR count). The van der Waals surface area contributed by atoms with Gasteiger partial charge in [0.15, 0.2) is 0 Å². The Kier molecular flexibility index (Phi) is 5.99. The first kappa shape index (κ1) is 24.0. The third-order valence-electron chi connectivity index (χ3n) is 7.48. The molecular formula is C25H29F2N3O4S. The Balaban J connectivity index is 1.61. The number of hydrogen-bond donors (Lipinski definition) is 1. The molecule has 0 aromatic heterocycles. The zero-order valence-electron chi connectivity index (χ0n) is 19.7. The third kappa shape index (κ3) is 4.27. The van der Waals surface area contributed by atoms with E-state index in [-0.39, 0.29) is 19.1 Å². The molecule has 3 atom stereocenters. The van der Waals surface area contributed by atoms with Crippen LogP contribution in [-0.2, 0) is 16.4 Å². The summed E-state index contributed by atoms with van der Waals surface area (Å²) in [4.78, 5) is 16.7. The maximum atomic E-state index is 15.9. The minimum absolute atomic E-state index is 0.0951. The molecule has 1 spiro atoms. The van der Waals surface area contributed by atoms with Crippen LogP contribution in [0.4, 0.5) is 13.6 Å². The molecule has 188 valence electrons. The number of likely N-dealkylation sites (N-methyl/N-ethyl adjacent to an activating group) is 1. The van der Waals surface area contributed by atoms with Gasteiger partial charge in [0.25, 0.3) is 0 Å². The molecule has 3 unspecified atom stereocenters. The molecule has 2 aromatic carbocycles. The molecule has 2 bridgehead atoms. The molecule has 2 aromatic rings. The van der Waals surface area contributed by atoms with Gasteiger partial charge in [-0.25, -0.2) is 26.7 Å². The lowest BCUT2D eigenvalue weighted by Crippen LogP contribution is -2.53. The molecule has 3 aliphatic rings. The van der Waals surface area contributed by atoms with Gasteiger partial charge in [0.2, 0.25) is 15.5 Å². The first-order valence-electron chi connectivity index (χ1n) is 11.8. The van der Waals surface area contributed by atoms with Gasteiger partial charge < -0.3 is 14.5 Å². The number of nitrogens with zero attached hydrogens (tertiary/aromatic N) is 2. The fraction of sp³-hybridized carbons (Fsp3) is 0.480. The lowest BCUT2D eigenvalue weighted by Gasteiger charge is -2.32. The summed E-state index contributed by atoms with van der Waals surface area (Å²) in [7, 11) is -2.59. The van der Waals surface area contributed by atoms with Gasteiger partial charge in [0.1, 0.15) is 18.2 Å². The molecule has 1 saturated carbocycles. The van der Waals surface area contributed by atoms with Gasteiger partial charge in [-0.15, -0.1) is 0 Å². The van der Waals surface area contributed by atoms with Crippen molar-refractivity contribution in [3.63, 3.8) is 0 Å². The number of halogens is 2. The summed E-state index contributed by atoms with van der Waals surface area (Å²) in [6.07, 6.45) is 1.52. The zero-order valence-corrected chi connectivity index (χ0v) is 20.5. The zero-order chi connectivity index (χ0) is 25.0. The van der Waals surface area contributed by atoms with E-state index in [0.29, 0.717) is 48.4 Å². The summed E-state index contributed by atoms with van der Waals surface area (Å²) in [5.74, 6) is 0.0735. The van der Waals surface area contributed by atoms with Crippen molar-refractivity contribution in [3.05, 3.63) is 53.8 Å². The predicted octanol–water partition coefficient (Wildman–Crippen LogP) is 3.55. The molecule has 2 amide bonds. The number of benzene rings is 2. The normalized spacial score (nSPS) is 24.5. The average Bonchev–Trinajstić information content (AvgIpc) is 3.55. The molecular weight excluding hydrogens is 476 g/mol. The van der Waals surface area contributed by atoms with Gasteiger partial charge in [0, 0.05) is 36.2 Å². The number of rotatable bonds is 3. The molecule has 10 heteroatoms. The Morgan fingerprint density at radius 3 is 2.57 bits per heavy atom. The number of amides is 2. The maximum absolute atomic E-state index is 15.9. The van der Waals surface area contributed by atoms with Gasteiger partial charge in [-0.1, -0.05) is 36.4 Å². The van der Waals surface area contributed by atoms with Gasteiger partial charge >= 0.3 is 6.03 Å². The number of sulfonamides is 1. The highest BCUT2D eigenvalue weighted by Gasteiger charge is 2.62. The molecule has 1 aliphatic carbocycles. The second-order valence-corrected chi connectivity index (χ2v) is 11.7. The number of urea groups is 1. The number of para-hydroxylation sites is 1. The van der Waals surface area contributed by atoms with E-state index in [1.54, 1.807) is 54.4 Å². The van der Waals surface area contributed by atoms with Crippen LogP contribution in [0, 0.1) is 11.2 Å². The smallest absolute Gasteiger partial charge is 0.320 e. The monoisotopic (exact) mass is 505 g/mol. The molecule has 1 saturated heterocycles. The highest BCUT2D eigenvalue weighted by Crippen LogP contribution is 2.56. The van der Waals surface area contributed by atoms with Crippen LogP contribution in [-0.4, -0.2) is 68.6 Å². The standard InChI is InChI=1S/C25H29F2N3O4S/c1-16(26)35(32,33)28-23-20-14-17-6-5-8-19(22(17)27)18-7-3-4-9-21(18)34-13-12-29(2)24(31)30(20)15-25(23)10-11-25/h3-9,16,20,23,28H,10-15H2,1-2H3. The summed E-state index contributed by atoms with van der Waals surface area (Å²) >= 11 is 0. The van der Waals surface area contributed by atoms with Gasteiger partial charge in [-0.05, 0) is 37.8 Å². The first-order valence-corrected chi connectivity index (χ1v) is 13.3. The lowest BCUT2D eigenvalue weighted by molar-refractivity contribution is 0.146. The van der Waals surface area contributed by atoms with Crippen LogP contribution in [0.25, 0.3) is 11.1 Å². The fourth-order valence-corrected chi connectivity index (χ4v) is 6.23. The van der Waals surface area contributed by atoms with Crippen LogP contribution < -0.4 is 9.46 Å². The van der Waals surface area contributed by atoms with E-state index in [1.807, 2.05) is 0 Å². The van der Waals surface area contributed by atoms with Crippen molar-refractivity contribution in [1.82, 2.24) is 14.5 Å². The number of carbonyl (C=O) groups excluding carboxylic acids is 1. The van der Waals surface area contributed by atoms with Crippen LogP contribution in [0.2, 0.25) is 0 Å². The first-order chi connectivity index (χ1) is 16.6. The summed E-state index contributed by atoms with van der Waals surface area (Å²) in [6.45, 7) is 1.80. The minimum atomic E-state index is -4.25. The topological polar surface area (TPSA) is 79.0 Å². The van der Waals surface area contributed by atoms with Gasteiger partial charge in [0.05, 0.1) is 12.6 Å². The summed E-state index contributed by atoms with van der Waals surface area (Å²) in [5, 5.41) is 0. The van der Waals surface area contributed by atoms with E-state index in [2.05, 4.69) is 4.72 Å². The van der Waals surface area contributed by atoms with Crippen LogP contribution in [0.15, 0.2) is 42.5 Å². The average molecular weight is 506 g/mol. The van der Waals surface area contributed by atoms with E-state index in [1.165, 1.54) is 4.90 Å². The Labute approximate surface area is 204 Å². The number of nitrogens with one attached hydrogen (secondary N) is 1. The number of hydrogen-bond acceptors (Lipinski definition) is 4. The molecule has 1 N–H and O–H groups in total. The molecule has 0 radical (unpaired) electrons. The van der Waals surface area contributed by atoms with Crippen LogP contribution >= 0.6 is 0 Å². The number of carbonyl (C=O) groups is 1. The number of ether oxygens (including phenoxy) is 1. The van der Waals surface area contributed by atoms with Crippen molar-refractivity contribution >= 4 is 16.1 Å². The van der Waals surface area contributed by atoms with Gasteiger partial charge in [-0.3, -0.25) is 0 Å². The summed E-state index contributed by atoms with van der Waals surface area (Å²) < 4.78 is 63.4. The Morgan fingerprint density at radius 1 is 1.14 bits per heavy atom. The largest absolute Gasteiger partial charge is 0.491 e. The molecule has 35 heavy (non-hydrogen) atoms. The maximum Gasteiger partial charge on any atom is 0.320 e. The molecule has 7 nitrogen and oxygen atoms in total. The summed E-state index contributed by atoms with van der Waals surface area (Å²) in [5.41, 5.74) is -1.24. The highest BCUT2D eigenvalue weighted by atomic mass is 32.2. The second kappa shape index (κ2) is 8.74. The number of alkyl halides is 1. The third-order valence-corrected chi connectivity index (χ3v) is 8.92. The Morgan fingerprint density at radius 2 is 1.86 bits per heavy atom. The lowest BCUT2D eigenvalue weighted by atomic mass is 9.91. The predicted molar refractivity (Wildman–Crippen MR) is 128 cm³/mol. The van der Waals surface area contributed by atoms with E-state index in [4.69, 9.17) is 4.74 Å². The van der Waals surface area contributed by atoms with Crippen molar-refractivity contribution in [2.75, 3.05) is 26.7 Å². The van der Waals surface area contributed by atoms with Crippen LogP contribution in [0.5, 0.6) is 5.75 Å².